The highest BCUT2D eigenvalue weighted by molar-refractivity contribution is 5.94. The van der Waals surface area contributed by atoms with Crippen LogP contribution < -0.4 is 15.0 Å². The van der Waals surface area contributed by atoms with Crippen LogP contribution in [0.3, 0.4) is 0 Å². The molecule has 1 saturated heterocycles. The summed E-state index contributed by atoms with van der Waals surface area (Å²) in [7, 11) is 1.63. The molecule has 0 bridgehead atoms. The Morgan fingerprint density at radius 2 is 1.97 bits per heavy atom. The lowest BCUT2D eigenvalue weighted by atomic mass is 10.0. The maximum atomic E-state index is 13.4. The number of piperidine rings is 1. The van der Waals surface area contributed by atoms with Crippen molar-refractivity contribution in [1.82, 2.24) is 15.5 Å². The van der Waals surface area contributed by atoms with Gasteiger partial charge >= 0.3 is 0 Å². The summed E-state index contributed by atoms with van der Waals surface area (Å²) in [5.74, 6) is -0.833. The van der Waals surface area contributed by atoms with Crippen molar-refractivity contribution < 1.29 is 18.3 Å². The summed E-state index contributed by atoms with van der Waals surface area (Å²) in [6.07, 6.45) is 1.69. The fourth-order valence-electron chi connectivity index (χ4n) is 3.60. The van der Waals surface area contributed by atoms with E-state index >= 15 is 0 Å². The van der Waals surface area contributed by atoms with Gasteiger partial charge in [-0.2, -0.15) is 5.10 Å². The Kier molecular flexibility index (Phi) is 5.65. The normalized spacial score (nSPS) is 16.4. The number of carbonyl (C=O) groups excluding carboxylic acids is 1. The van der Waals surface area contributed by atoms with Gasteiger partial charge in [0.1, 0.15) is 5.75 Å². The Balaban J connectivity index is 1.42. The van der Waals surface area contributed by atoms with Crippen LogP contribution in [-0.4, -0.2) is 42.3 Å². The lowest BCUT2D eigenvalue weighted by molar-refractivity contribution is 0.0932. The molecule has 30 heavy (non-hydrogen) atoms. The van der Waals surface area contributed by atoms with E-state index in [4.69, 9.17) is 4.74 Å². The number of aromatic amines is 1. The van der Waals surface area contributed by atoms with Gasteiger partial charge in [-0.3, -0.25) is 9.89 Å². The zero-order chi connectivity index (χ0) is 21.1. The van der Waals surface area contributed by atoms with E-state index in [1.165, 1.54) is 6.07 Å². The topological polar surface area (TPSA) is 70.2 Å². The third-order valence-corrected chi connectivity index (χ3v) is 5.23. The highest BCUT2D eigenvalue weighted by Gasteiger charge is 2.24. The van der Waals surface area contributed by atoms with Gasteiger partial charge in [0.05, 0.1) is 12.8 Å². The molecule has 0 unspecified atom stereocenters. The largest absolute Gasteiger partial charge is 0.497 e. The number of benzene rings is 2. The number of carbonyl (C=O) groups is 1. The van der Waals surface area contributed by atoms with Crippen molar-refractivity contribution in [2.75, 3.05) is 25.1 Å². The van der Waals surface area contributed by atoms with Crippen molar-refractivity contribution in [1.29, 1.82) is 0 Å². The fourth-order valence-corrected chi connectivity index (χ4v) is 3.60. The van der Waals surface area contributed by atoms with Gasteiger partial charge in [-0.05, 0) is 60.9 Å². The number of nitrogens with zero attached hydrogens (tertiary/aromatic N) is 2. The summed E-state index contributed by atoms with van der Waals surface area (Å²) in [4.78, 5) is 14.5. The van der Waals surface area contributed by atoms with Crippen molar-refractivity contribution >= 4 is 11.7 Å². The first kappa shape index (κ1) is 19.9. The molecule has 1 aliphatic heterocycles. The molecule has 156 valence electrons. The molecule has 3 aromatic rings. The van der Waals surface area contributed by atoms with E-state index in [-0.39, 0.29) is 11.6 Å². The van der Waals surface area contributed by atoms with Crippen LogP contribution in [0.4, 0.5) is 14.6 Å². The van der Waals surface area contributed by atoms with Gasteiger partial charge in [0, 0.05) is 30.8 Å². The van der Waals surface area contributed by atoms with Crippen LogP contribution in [0.15, 0.2) is 48.5 Å². The van der Waals surface area contributed by atoms with E-state index in [0.717, 1.165) is 54.3 Å². The van der Waals surface area contributed by atoms with Gasteiger partial charge in [0.15, 0.2) is 17.5 Å². The molecule has 0 radical (unpaired) electrons. The van der Waals surface area contributed by atoms with E-state index in [1.54, 1.807) is 7.11 Å². The van der Waals surface area contributed by atoms with Gasteiger partial charge in [-0.1, -0.05) is 0 Å². The first-order chi connectivity index (χ1) is 14.5. The molecule has 2 aromatic carbocycles. The second-order valence-corrected chi connectivity index (χ2v) is 7.26. The molecule has 1 aliphatic rings. The summed E-state index contributed by atoms with van der Waals surface area (Å²) in [5, 5.41) is 10.4. The van der Waals surface area contributed by atoms with Crippen LogP contribution in [0, 0.1) is 11.6 Å². The van der Waals surface area contributed by atoms with Gasteiger partial charge in [-0.15, -0.1) is 0 Å². The summed E-state index contributed by atoms with van der Waals surface area (Å²) in [5.41, 5.74) is 1.99. The van der Waals surface area contributed by atoms with Gasteiger partial charge < -0.3 is 15.0 Å². The molecule has 6 nitrogen and oxygen atoms in total. The molecule has 8 heteroatoms. The van der Waals surface area contributed by atoms with E-state index in [2.05, 4.69) is 20.4 Å². The van der Waals surface area contributed by atoms with E-state index < -0.39 is 17.5 Å². The number of ether oxygens (including phenoxy) is 1. The van der Waals surface area contributed by atoms with E-state index in [0.29, 0.717) is 6.54 Å². The number of methoxy groups -OCH3 is 1. The van der Waals surface area contributed by atoms with Crippen LogP contribution in [0.2, 0.25) is 0 Å². The Bertz CT molecular complexity index is 1040. The zero-order valence-electron chi connectivity index (χ0n) is 16.5. The van der Waals surface area contributed by atoms with Crippen molar-refractivity contribution in [2.24, 2.45) is 0 Å². The van der Waals surface area contributed by atoms with Gasteiger partial charge in [0.2, 0.25) is 0 Å². The number of nitrogens with one attached hydrogen (secondary N) is 2. The number of amides is 1. The summed E-state index contributed by atoms with van der Waals surface area (Å²) in [6.45, 7) is 1.41. The second-order valence-electron chi connectivity index (χ2n) is 7.26. The predicted molar refractivity (Wildman–Crippen MR) is 110 cm³/mol. The minimum Gasteiger partial charge on any atom is -0.497 e. The molecule has 0 saturated carbocycles. The maximum absolute atomic E-state index is 13.4. The summed E-state index contributed by atoms with van der Waals surface area (Å²) in [6, 6.07) is 12.7. The standard InChI is InChI=1S/C22H22F2N4O2/c1-30-17-7-4-14(5-8-17)20-12-21(27-26-20)28-10-2-3-16(13-28)25-22(29)15-6-9-18(23)19(24)11-15/h4-9,11-12,16H,2-3,10,13H2,1H3,(H,25,29)(H,26,27)/t16-/m1/s1. The monoisotopic (exact) mass is 412 g/mol. The third-order valence-electron chi connectivity index (χ3n) is 5.23. The first-order valence-electron chi connectivity index (χ1n) is 9.74. The summed E-state index contributed by atoms with van der Waals surface area (Å²) < 4.78 is 31.7. The molecule has 1 aromatic heterocycles. The van der Waals surface area contributed by atoms with E-state index in [1.807, 2.05) is 30.3 Å². The number of hydrogen-bond donors (Lipinski definition) is 2. The SMILES string of the molecule is COc1ccc(-c2cc(N3CCC[C@@H](NC(=O)c4ccc(F)c(F)c4)C3)n[nH]2)cc1. The lowest BCUT2D eigenvalue weighted by Gasteiger charge is -2.33. The smallest absolute Gasteiger partial charge is 0.251 e. The fraction of sp³-hybridized carbons (Fsp3) is 0.273. The van der Waals surface area contributed by atoms with Crippen molar-refractivity contribution in [3.8, 4) is 17.0 Å². The van der Waals surface area contributed by atoms with Crippen molar-refractivity contribution in [2.45, 2.75) is 18.9 Å². The Morgan fingerprint density at radius 1 is 1.17 bits per heavy atom. The average molecular weight is 412 g/mol. The number of H-pyrrole nitrogens is 1. The highest BCUT2D eigenvalue weighted by Crippen LogP contribution is 2.25. The van der Waals surface area contributed by atoms with Crippen LogP contribution in [0.5, 0.6) is 5.75 Å². The molecule has 2 heterocycles. The minimum atomic E-state index is -1.03. The Morgan fingerprint density at radius 3 is 2.70 bits per heavy atom. The minimum absolute atomic E-state index is 0.104. The number of rotatable bonds is 5. The van der Waals surface area contributed by atoms with Crippen LogP contribution in [-0.2, 0) is 0 Å². The quantitative estimate of drug-likeness (QED) is 0.670. The molecule has 1 atom stereocenters. The zero-order valence-corrected chi connectivity index (χ0v) is 16.5. The molecule has 0 aliphatic carbocycles. The molecule has 0 spiro atoms. The van der Waals surface area contributed by atoms with Crippen LogP contribution in [0.1, 0.15) is 23.2 Å². The van der Waals surface area contributed by atoms with Crippen molar-refractivity contribution in [3.63, 3.8) is 0 Å². The van der Waals surface area contributed by atoms with Crippen LogP contribution >= 0.6 is 0 Å². The average Bonchev–Trinajstić information content (AvgIpc) is 3.26. The number of halogens is 2. The maximum Gasteiger partial charge on any atom is 0.251 e. The molecule has 2 N–H and O–H groups in total. The van der Waals surface area contributed by atoms with Crippen LogP contribution in [0.25, 0.3) is 11.3 Å². The number of hydrogen-bond acceptors (Lipinski definition) is 4. The van der Waals surface area contributed by atoms with Crippen molar-refractivity contribution in [3.05, 3.63) is 65.7 Å². The molecule has 1 amide bonds. The molecule has 1 fully saturated rings. The molecular weight excluding hydrogens is 390 g/mol. The number of anilines is 1. The molecule has 4 rings (SSSR count). The highest BCUT2D eigenvalue weighted by atomic mass is 19.2. The summed E-state index contributed by atoms with van der Waals surface area (Å²) >= 11 is 0. The van der Waals surface area contributed by atoms with Gasteiger partial charge in [0.25, 0.3) is 5.91 Å². The predicted octanol–water partition coefficient (Wildman–Crippen LogP) is 3.76. The Labute approximate surface area is 172 Å². The van der Waals surface area contributed by atoms with Gasteiger partial charge in [-0.25, -0.2) is 8.78 Å². The third kappa shape index (κ3) is 4.27. The Hall–Kier alpha value is -3.42. The molecular formula is C22H22F2N4O2. The first-order valence-corrected chi connectivity index (χ1v) is 9.74. The second kappa shape index (κ2) is 8.52. The number of aromatic nitrogens is 2. The van der Waals surface area contributed by atoms with E-state index in [9.17, 15) is 13.6 Å². The lowest BCUT2D eigenvalue weighted by Crippen LogP contribution is -2.48.